The second-order valence-corrected chi connectivity index (χ2v) is 7.39. The van der Waals surface area contributed by atoms with E-state index in [-0.39, 0.29) is 6.04 Å². The van der Waals surface area contributed by atoms with Crippen molar-refractivity contribution in [2.45, 2.75) is 25.8 Å². The van der Waals surface area contributed by atoms with Gasteiger partial charge < -0.3 is 5.32 Å². The van der Waals surface area contributed by atoms with Crippen LogP contribution < -0.4 is 5.32 Å². The quantitative estimate of drug-likeness (QED) is 0.841. The fourth-order valence-corrected chi connectivity index (χ4v) is 4.02. The van der Waals surface area contributed by atoms with Crippen LogP contribution >= 0.6 is 45.9 Å². The summed E-state index contributed by atoms with van der Waals surface area (Å²) < 4.78 is 1.50. The second kappa shape index (κ2) is 6.35. The number of rotatable bonds is 5. The van der Waals surface area contributed by atoms with E-state index < -0.39 is 0 Å². The van der Waals surface area contributed by atoms with Gasteiger partial charge in [-0.1, -0.05) is 30.1 Å². The van der Waals surface area contributed by atoms with Crippen molar-refractivity contribution in [2.24, 2.45) is 0 Å². The topological polar surface area (TPSA) is 24.9 Å². The van der Waals surface area contributed by atoms with E-state index in [1.165, 1.54) is 11.3 Å². The van der Waals surface area contributed by atoms with Crippen LogP contribution in [0.5, 0.6) is 0 Å². The van der Waals surface area contributed by atoms with Gasteiger partial charge in [0.2, 0.25) is 0 Å². The fourth-order valence-electron chi connectivity index (χ4n) is 1.68. The summed E-state index contributed by atoms with van der Waals surface area (Å²) in [6.45, 7) is 5.14. The average molecular weight is 321 g/mol. The molecule has 2 unspecified atom stereocenters. The van der Waals surface area contributed by atoms with Crippen molar-refractivity contribution < 1.29 is 0 Å². The van der Waals surface area contributed by atoms with E-state index in [1.54, 1.807) is 11.3 Å². The molecule has 2 aromatic rings. The van der Waals surface area contributed by atoms with Gasteiger partial charge in [0.1, 0.15) is 0 Å². The van der Waals surface area contributed by atoms with Gasteiger partial charge in [0.15, 0.2) is 0 Å². The van der Waals surface area contributed by atoms with Crippen LogP contribution in [-0.4, -0.2) is 11.5 Å². The number of thiophene rings is 1. The highest BCUT2D eigenvalue weighted by Gasteiger charge is 2.15. The van der Waals surface area contributed by atoms with Crippen LogP contribution in [0.2, 0.25) is 8.67 Å². The number of hydrogen-bond donors (Lipinski definition) is 1. The molecule has 0 bridgehead atoms. The first-order valence-corrected chi connectivity index (χ1v) is 8.10. The SMILES string of the molecule is CC(CNC(C)c1cc(Cl)sc1Cl)c1nccs1. The Hall–Kier alpha value is -0.130. The Bertz CT molecular complexity index is 496. The maximum absolute atomic E-state index is 6.14. The van der Waals surface area contributed by atoms with Crippen LogP contribution in [0, 0.1) is 0 Å². The van der Waals surface area contributed by atoms with Gasteiger partial charge in [0, 0.05) is 30.1 Å². The Morgan fingerprint density at radius 1 is 1.39 bits per heavy atom. The third-order valence-electron chi connectivity index (χ3n) is 2.75. The molecule has 0 radical (unpaired) electrons. The summed E-state index contributed by atoms with van der Waals surface area (Å²) in [5.41, 5.74) is 1.07. The van der Waals surface area contributed by atoms with E-state index in [0.717, 1.165) is 25.8 Å². The lowest BCUT2D eigenvalue weighted by Gasteiger charge is -2.16. The molecule has 0 aliphatic carbocycles. The molecule has 1 N–H and O–H groups in total. The summed E-state index contributed by atoms with van der Waals surface area (Å²) in [6.07, 6.45) is 1.84. The minimum Gasteiger partial charge on any atom is -0.309 e. The van der Waals surface area contributed by atoms with E-state index in [2.05, 4.69) is 24.1 Å². The second-order valence-electron chi connectivity index (χ2n) is 4.18. The number of nitrogens with one attached hydrogen (secondary N) is 1. The van der Waals surface area contributed by atoms with Gasteiger partial charge in [0.05, 0.1) is 13.7 Å². The molecule has 98 valence electrons. The molecule has 2 aromatic heterocycles. The third-order valence-corrected chi connectivity index (χ3v) is 5.28. The lowest BCUT2D eigenvalue weighted by atomic mass is 10.1. The largest absolute Gasteiger partial charge is 0.309 e. The first kappa shape index (κ1) is 14.3. The maximum Gasteiger partial charge on any atom is 0.0991 e. The Morgan fingerprint density at radius 3 is 2.72 bits per heavy atom. The first-order valence-electron chi connectivity index (χ1n) is 5.65. The maximum atomic E-state index is 6.14. The molecular weight excluding hydrogens is 307 g/mol. The van der Waals surface area contributed by atoms with E-state index >= 15 is 0 Å². The van der Waals surface area contributed by atoms with Gasteiger partial charge in [0.25, 0.3) is 0 Å². The molecule has 6 heteroatoms. The van der Waals surface area contributed by atoms with Crippen molar-refractivity contribution in [3.8, 4) is 0 Å². The molecule has 0 amide bonds. The summed E-state index contributed by atoms with van der Waals surface area (Å²) in [7, 11) is 0. The number of nitrogens with zero attached hydrogens (tertiary/aromatic N) is 1. The van der Waals surface area contributed by atoms with Crippen LogP contribution in [0.25, 0.3) is 0 Å². The Labute approximate surface area is 125 Å². The highest BCUT2D eigenvalue weighted by molar-refractivity contribution is 7.20. The molecule has 2 heterocycles. The smallest absolute Gasteiger partial charge is 0.0991 e. The first-order chi connectivity index (χ1) is 8.58. The summed E-state index contributed by atoms with van der Waals surface area (Å²) in [4.78, 5) is 4.32. The van der Waals surface area contributed by atoms with Crippen molar-refractivity contribution in [3.63, 3.8) is 0 Å². The van der Waals surface area contributed by atoms with Crippen LogP contribution in [-0.2, 0) is 0 Å². The van der Waals surface area contributed by atoms with Gasteiger partial charge >= 0.3 is 0 Å². The fraction of sp³-hybridized carbons (Fsp3) is 0.417. The standard InChI is InChI=1S/C12H14Cl2N2S2/c1-7(12-15-3-4-17-12)6-16-8(2)9-5-10(13)18-11(9)14/h3-5,7-8,16H,6H2,1-2H3. The summed E-state index contributed by atoms with van der Waals surface area (Å²) in [6, 6.07) is 2.13. The van der Waals surface area contributed by atoms with Gasteiger partial charge in [-0.15, -0.1) is 22.7 Å². The molecule has 18 heavy (non-hydrogen) atoms. The lowest BCUT2D eigenvalue weighted by Crippen LogP contribution is -2.23. The van der Waals surface area contributed by atoms with Crippen molar-refractivity contribution in [1.82, 2.24) is 10.3 Å². The van der Waals surface area contributed by atoms with Gasteiger partial charge in [-0.25, -0.2) is 4.98 Å². The summed E-state index contributed by atoms with van der Waals surface area (Å²) in [5.74, 6) is 0.403. The number of hydrogen-bond acceptors (Lipinski definition) is 4. The minimum atomic E-state index is 0.198. The van der Waals surface area contributed by atoms with Gasteiger partial charge in [-0.3, -0.25) is 0 Å². The van der Waals surface area contributed by atoms with Gasteiger partial charge in [-0.05, 0) is 18.6 Å². The molecule has 0 saturated carbocycles. The van der Waals surface area contributed by atoms with Crippen LogP contribution in [0.4, 0.5) is 0 Å². The Balaban J connectivity index is 1.92. The summed E-state index contributed by atoms with van der Waals surface area (Å²) >= 11 is 15.2. The molecule has 2 atom stereocenters. The third kappa shape index (κ3) is 3.45. The van der Waals surface area contributed by atoms with Crippen LogP contribution in [0.15, 0.2) is 17.6 Å². The number of aromatic nitrogens is 1. The van der Waals surface area contributed by atoms with Crippen molar-refractivity contribution >= 4 is 45.9 Å². The van der Waals surface area contributed by atoms with Crippen molar-refractivity contribution in [3.05, 3.63) is 36.9 Å². The molecule has 0 fully saturated rings. The van der Waals surface area contributed by atoms with E-state index in [1.807, 2.05) is 17.6 Å². The lowest BCUT2D eigenvalue weighted by molar-refractivity contribution is 0.537. The zero-order valence-corrected chi connectivity index (χ0v) is 13.3. The monoisotopic (exact) mass is 320 g/mol. The van der Waals surface area contributed by atoms with E-state index in [9.17, 15) is 0 Å². The Morgan fingerprint density at radius 2 is 2.17 bits per heavy atom. The molecule has 0 saturated heterocycles. The van der Waals surface area contributed by atoms with E-state index in [0.29, 0.717) is 5.92 Å². The molecular formula is C12H14Cl2N2S2. The van der Waals surface area contributed by atoms with Gasteiger partial charge in [-0.2, -0.15) is 0 Å². The van der Waals surface area contributed by atoms with Crippen LogP contribution in [0.1, 0.15) is 36.4 Å². The van der Waals surface area contributed by atoms with Crippen molar-refractivity contribution in [1.29, 1.82) is 0 Å². The number of thiazole rings is 1. The highest BCUT2D eigenvalue weighted by Crippen LogP contribution is 2.35. The zero-order chi connectivity index (χ0) is 13.1. The predicted octanol–water partition coefficient (Wildman–Crippen LogP) is 4.97. The zero-order valence-electron chi connectivity index (χ0n) is 10.1. The predicted molar refractivity (Wildman–Crippen MR) is 81.3 cm³/mol. The molecule has 0 aromatic carbocycles. The molecule has 0 aliphatic heterocycles. The van der Waals surface area contributed by atoms with Crippen molar-refractivity contribution in [2.75, 3.05) is 6.54 Å². The molecule has 2 rings (SSSR count). The summed E-state index contributed by atoms with van der Waals surface area (Å²) in [5, 5.41) is 6.63. The average Bonchev–Trinajstić information content (AvgIpc) is 2.95. The van der Waals surface area contributed by atoms with E-state index in [4.69, 9.17) is 23.2 Å². The number of halogens is 2. The molecule has 2 nitrogen and oxygen atoms in total. The molecule has 0 spiro atoms. The van der Waals surface area contributed by atoms with Crippen LogP contribution in [0.3, 0.4) is 0 Å². The minimum absolute atomic E-state index is 0.198. The highest BCUT2D eigenvalue weighted by atomic mass is 35.5. The Kier molecular flexibility index (Phi) is 5.04. The normalized spacial score (nSPS) is 14.7. The molecule has 0 aliphatic rings.